The summed E-state index contributed by atoms with van der Waals surface area (Å²) >= 11 is 4.24. The van der Waals surface area contributed by atoms with Crippen LogP contribution in [0, 0.1) is 5.41 Å². The second-order valence-electron chi connectivity index (χ2n) is 3.48. The van der Waals surface area contributed by atoms with E-state index in [4.69, 9.17) is 4.74 Å². The minimum Gasteiger partial charge on any atom is -0.453 e. The van der Waals surface area contributed by atoms with Crippen molar-refractivity contribution in [1.82, 2.24) is 5.32 Å². The Hall–Kier alpha value is 0.200. The molecule has 7 heteroatoms. The van der Waals surface area contributed by atoms with Crippen LogP contribution < -0.4 is 5.32 Å². The zero-order valence-corrected chi connectivity index (χ0v) is 14.1. The predicted molar refractivity (Wildman–Crippen MR) is 78.6 cm³/mol. The van der Waals surface area contributed by atoms with Gasteiger partial charge < -0.3 is 9.47 Å². The van der Waals surface area contributed by atoms with Crippen LogP contribution in [-0.4, -0.2) is 25.9 Å². The Labute approximate surface area is 119 Å². The van der Waals surface area contributed by atoms with Crippen LogP contribution in [0.25, 0.3) is 0 Å². The third-order valence-electron chi connectivity index (χ3n) is 2.04. The molecule has 0 rings (SSSR count). The average molecular weight is 457 g/mol. The molecule has 0 aliphatic heterocycles. The zero-order valence-electron chi connectivity index (χ0n) is 9.80. The standard InChI is InChI=1S/C9H17NO4.I2/c1-5-9(2,3)7(11)14-6-10-8(12)13-4;1-2/h5-6H2,1-4H3,(H,10,12);. The lowest BCUT2D eigenvalue weighted by molar-refractivity contribution is -0.154. The number of methoxy groups -OCH3 is 1. The van der Waals surface area contributed by atoms with Crippen LogP contribution in [0.5, 0.6) is 0 Å². The van der Waals surface area contributed by atoms with Crippen LogP contribution in [0.1, 0.15) is 27.2 Å². The van der Waals surface area contributed by atoms with E-state index in [1.807, 2.05) is 6.92 Å². The molecule has 0 atom stereocenters. The van der Waals surface area contributed by atoms with Gasteiger partial charge in [0.15, 0.2) is 6.73 Å². The van der Waals surface area contributed by atoms with Gasteiger partial charge in [-0.15, -0.1) is 0 Å². The number of esters is 1. The number of nitrogens with one attached hydrogen (secondary N) is 1. The molecular formula is C9H17I2NO4. The van der Waals surface area contributed by atoms with Gasteiger partial charge in [0.1, 0.15) is 0 Å². The maximum Gasteiger partial charge on any atom is 0.409 e. The van der Waals surface area contributed by atoms with Gasteiger partial charge in [0.2, 0.25) is 0 Å². The van der Waals surface area contributed by atoms with E-state index in [1.54, 1.807) is 13.8 Å². The third-order valence-corrected chi connectivity index (χ3v) is 2.04. The van der Waals surface area contributed by atoms with Crippen molar-refractivity contribution in [3.63, 3.8) is 0 Å². The molecule has 16 heavy (non-hydrogen) atoms. The number of hydrogen-bond donors (Lipinski definition) is 1. The largest absolute Gasteiger partial charge is 0.453 e. The molecule has 0 heterocycles. The summed E-state index contributed by atoms with van der Waals surface area (Å²) in [4.78, 5) is 21.9. The molecule has 0 aromatic heterocycles. The molecule has 0 bridgehead atoms. The maximum atomic E-state index is 11.4. The highest BCUT2D eigenvalue weighted by Crippen LogP contribution is 2.20. The summed E-state index contributed by atoms with van der Waals surface area (Å²) in [6, 6.07) is 0. The lowest BCUT2D eigenvalue weighted by atomic mass is 9.91. The zero-order chi connectivity index (χ0) is 13.2. The molecule has 5 nitrogen and oxygen atoms in total. The van der Waals surface area contributed by atoms with E-state index in [1.165, 1.54) is 7.11 Å². The molecule has 1 N–H and O–H groups in total. The van der Waals surface area contributed by atoms with Crippen LogP contribution in [0.15, 0.2) is 0 Å². The van der Waals surface area contributed by atoms with E-state index in [9.17, 15) is 9.59 Å². The fraction of sp³-hybridized carbons (Fsp3) is 0.778. The number of hydrogen-bond acceptors (Lipinski definition) is 4. The summed E-state index contributed by atoms with van der Waals surface area (Å²) < 4.78 is 9.12. The quantitative estimate of drug-likeness (QED) is 0.401. The molecule has 0 aliphatic rings. The molecule has 0 aliphatic carbocycles. The van der Waals surface area contributed by atoms with Gasteiger partial charge in [-0.2, -0.15) is 0 Å². The molecule has 0 saturated carbocycles. The Morgan fingerprint density at radius 3 is 2.19 bits per heavy atom. The highest BCUT2D eigenvalue weighted by molar-refractivity contribution is 15.0. The van der Waals surface area contributed by atoms with Crippen LogP contribution in [0.3, 0.4) is 0 Å². The summed E-state index contributed by atoms with van der Waals surface area (Å²) in [6.45, 7) is 5.31. The van der Waals surface area contributed by atoms with Gasteiger partial charge in [0, 0.05) is 37.2 Å². The number of rotatable bonds is 4. The van der Waals surface area contributed by atoms with Crippen molar-refractivity contribution in [1.29, 1.82) is 0 Å². The van der Waals surface area contributed by atoms with Crippen molar-refractivity contribution in [2.45, 2.75) is 27.2 Å². The first-order valence-corrected chi connectivity index (χ1v) is 10.9. The molecule has 0 fully saturated rings. The molecule has 0 radical (unpaired) electrons. The van der Waals surface area contributed by atoms with Crippen molar-refractivity contribution in [2.75, 3.05) is 13.8 Å². The molecule has 0 spiro atoms. The molecule has 0 saturated heterocycles. The topological polar surface area (TPSA) is 64.6 Å². The molecule has 96 valence electrons. The van der Waals surface area contributed by atoms with Gasteiger partial charge in [0.25, 0.3) is 0 Å². The Kier molecular flexibility index (Phi) is 12.0. The molecule has 0 aromatic carbocycles. The first-order chi connectivity index (χ1) is 7.44. The van der Waals surface area contributed by atoms with Gasteiger partial charge in [-0.1, -0.05) is 6.92 Å². The minimum absolute atomic E-state index is 0.158. The van der Waals surface area contributed by atoms with Crippen molar-refractivity contribution in [2.24, 2.45) is 5.41 Å². The normalized spacial score (nSPS) is 9.62. The van der Waals surface area contributed by atoms with E-state index in [-0.39, 0.29) is 12.7 Å². The van der Waals surface area contributed by atoms with E-state index < -0.39 is 11.5 Å². The number of alkyl carbamates (subject to hydrolysis) is 1. The Balaban J connectivity index is 0. The van der Waals surface area contributed by atoms with Crippen LogP contribution in [0.4, 0.5) is 4.79 Å². The second kappa shape index (κ2) is 10.4. The molecule has 0 unspecified atom stereocenters. The van der Waals surface area contributed by atoms with Crippen molar-refractivity contribution < 1.29 is 19.1 Å². The minimum atomic E-state index is -0.618. The van der Waals surface area contributed by atoms with Crippen LogP contribution in [-0.2, 0) is 14.3 Å². The molecule has 1 amide bonds. The fourth-order valence-corrected chi connectivity index (χ4v) is 0.572. The summed E-state index contributed by atoms with van der Waals surface area (Å²) in [5, 5.41) is 2.26. The SMILES string of the molecule is CCC(C)(C)C(=O)OCNC(=O)OC.II. The third kappa shape index (κ3) is 8.36. The van der Waals surface area contributed by atoms with E-state index in [0.717, 1.165) is 0 Å². The Morgan fingerprint density at radius 2 is 1.81 bits per heavy atom. The highest BCUT2D eigenvalue weighted by atomic mass is 128. The predicted octanol–water partition coefficient (Wildman–Crippen LogP) is 3.05. The second-order valence-corrected chi connectivity index (χ2v) is 3.48. The maximum absolute atomic E-state index is 11.4. The Bertz CT molecular complexity index is 222. The van der Waals surface area contributed by atoms with Gasteiger partial charge in [-0.05, 0) is 20.3 Å². The van der Waals surface area contributed by atoms with Crippen molar-refractivity contribution >= 4 is 49.3 Å². The van der Waals surface area contributed by atoms with Gasteiger partial charge in [-0.25, -0.2) is 4.79 Å². The molecular weight excluding hydrogens is 440 g/mol. The van der Waals surface area contributed by atoms with Crippen molar-refractivity contribution in [3.05, 3.63) is 0 Å². The first-order valence-electron chi connectivity index (χ1n) is 4.57. The lowest BCUT2D eigenvalue weighted by Gasteiger charge is -2.20. The summed E-state index contributed by atoms with van der Waals surface area (Å²) in [7, 11) is 1.24. The summed E-state index contributed by atoms with van der Waals surface area (Å²) in [5.41, 5.74) is -0.516. The van der Waals surface area contributed by atoms with E-state index >= 15 is 0 Å². The van der Waals surface area contributed by atoms with E-state index in [2.05, 4.69) is 47.3 Å². The first kappa shape index (κ1) is 18.6. The van der Waals surface area contributed by atoms with Crippen molar-refractivity contribution in [3.8, 4) is 0 Å². The van der Waals surface area contributed by atoms with Gasteiger partial charge in [-0.3, -0.25) is 10.1 Å². The fourth-order valence-electron chi connectivity index (χ4n) is 0.572. The number of carbonyl (C=O) groups is 2. The van der Waals surface area contributed by atoms with Gasteiger partial charge in [0.05, 0.1) is 12.5 Å². The Morgan fingerprint density at radius 1 is 1.31 bits per heavy atom. The number of amides is 1. The lowest BCUT2D eigenvalue weighted by Crippen LogP contribution is -2.32. The average Bonchev–Trinajstić information content (AvgIpc) is 2.31. The van der Waals surface area contributed by atoms with Crippen LogP contribution in [0.2, 0.25) is 0 Å². The van der Waals surface area contributed by atoms with Crippen LogP contribution >= 0.6 is 37.2 Å². The number of carbonyl (C=O) groups excluding carboxylic acids is 2. The van der Waals surface area contributed by atoms with Gasteiger partial charge >= 0.3 is 12.1 Å². The highest BCUT2D eigenvalue weighted by Gasteiger charge is 2.26. The smallest absolute Gasteiger partial charge is 0.409 e. The number of ether oxygens (including phenoxy) is 2. The van der Waals surface area contributed by atoms with E-state index in [0.29, 0.717) is 6.42 Å². The summed E-state index contributed by atoms with van der Waals surface area (Å²) in [6.07, 6.45) is 0.0662. The monoisotopic (exact) mass is 457 g/mol. The molecule has 0 aromatic rings. The number of halogens is 2. The summed E-state index contributed by atoms with van der Waals surface area (Å²) in [5.74, 6) is -0.337.